The summed E-state index contributed by atoms with van der Waals surface area (Å²) in [6.45, 7) is 2.58. The molecule has 6 heteroatoms. The lowest BCUT2D eigenvalue weighted by Crippen LogP contribution is -2.48. The van der Waals surface area contributed by atoms with Crippen LogP contribution in [0.5, 0.6) is 0 Å². The van der Waals surface area contributed by atoms with Gasteiger partial charge in [0.1, 0.15) is 0 Å². The van der Waals surface area contributed by atoms with Crippen LogP contribution in [0.25, 0.3) is 22.5 Å². The maximum atomic E-state index is 12.9. The Balaban J connectivity index is 1.75. The van der Waals surface area contributed by atoms with E-state index in [0.717, 1.165) is 22.5 Å². The number of benzene rings is 2. The molecule has 0 radical (unpaired) electrons. The number of hydrazine groups is 1. The Kier molecular flexibility index (Phi) is 5.00. The lowest BCUT2D eigenvalue weighted by molar-refractivity contribution is 0.0122. The molecule has 3 aromatic rings. The smallest absolute Gasteiger partial charge is 0.301 e. The first-order valence-corrected chi connectivity index (χ1v) is 9.05. The van der Waals surface area contributed by atoms with Crippen molar-refractivity contribution in [1.82, 2.24) is 20.0 Å². The predicted molar refractivity (Wildman–Crippen MR) is 104 cm³/mol. The number of nitrogens with zero attached hydrogens (tertiary/aromatic N) is 3. The molecule has 1 aromatic heterocycles. The molecule has 138 valence electrons. The van der Waals surface area contributed by atoms with Crippen molar-refractivity contribution in [1.29, 1.82) is 0 Å². The number of aromatic nitrogens is 2. The van der Waals surface area contributed by atoms with E-state index in [4.69, 9.17) is 9.72 Å². The molecule has 1 amide bonds. The molecule has 1 aliphatic heterocycles. The molecule has 6 nitrogen and oxygen atoms in total. The van der Waals surface area contributed by atoms with Crippen molar-refractivity contribution in [2.45, 2.75) is 0 Å². The van der Waals surface area contributed by atoms with E-state index < -0.39 is 0 Å². The fourth-order valence-corrected chi connectivity index (χ4v) is 3.29. The van der Waals surface area contributed by atoms with Crippen molar-refractivity contribution in [3.8, 4) is 22.5 Å². The molecule has 4 rings (SSSR count). The van der Waals surface area contributed by atoms with Crippen LogP contribution in [0.1, 0.15) is 10.6 Å². The second-order valence-corrected chi connectivity index (χ2v) is 6.46. The van der Waals surface area contributed by atoms with Crippen LogP contribution in [-0.2, 0) is 11.8 Å². The summed E-state index contributed by atoms with van der Waals surface area (Å²) in [6, 6.07) is 20.0. The van der Waals surface area contributed by atoms with Crippen molar-refractivity contribution in [2.24, 2.45) is 7.05 Å². The summed E-state index contributed by atoms with van der Waals surface area (Å²) in [6.07, 6.45) is 0. The summed E-state index contributed by atoms with van der Waals surface area (Å²) in [5.41, 5.74) is 6.69. The number of rotatable bonds is 4. The van der Waals surface area contributed by atoms with Gasteiger partial charge in [0.2, 0.25) is 5.82 Å². The number of carbonyl (C=O) groups is 1. The van der Waals surface area contributed by atoms with Crippen molar-refractivity contribution in [3.63, 3.8) is 0 Å². The standard InChI is InChI=1S/C21H22N4O2/c1-24-19(17-10-6-3-7-11-17)18(16-8-4-2-5-9-16)22-20(24)21(26)23-25-12-14-27-15-13-25/h2-11H,12-15H2,1H3,(H,23,26). The minimum absolute atomic E-state index is 0.209. The quantitative estimate of drug-likeness (QED) is 0.775. The summed E-state index contributed by atoms with van der Waals surface area (Å²) < 4.78 is 7.20. The van der Waals surface area contributed by atoms with Crippen LogP contribution in [-0.4, -0.2) is 46.8 Å². The Morgan fingerprint density at radius 1 is 0.963 bits per heavy atom. The summed E-state index contributed by atoms with van der Waals surface area (Å²) in [5, 5.41) is 1.88. The molecule has 0 saturated carbocycles. The number of carbonyl (C=O) groups excluding carboxylic acids is 1. The summed E-state index contributed by atoms with van der Waals surface area (Å²) in [5.74, 6) is 0.179. The first-order chi connectivity index (χ1) is 13.2. The number of hydrogen-bond donors (Lipinski definition) is 1. The SMILES string of the molecule is Cn1c(C(=O)NN2CCOCC2)nc(-c2ccccc2)c1-c1ccccc1. The zero-order valence-electron chi connectivity index (χ0n) is 15.3. The lowest BCUT2D eigenvalue weighted by Gasteiger charge is -2.26. The van der Waals surface area contributed by atoms with Crippen LogP contribution < -0.4 is 5.43 Å². The van der Waals surface area contributed by atoms with Gasteiger partial charge in [0, 0.05) is 31.3 Å². The number of ether oxygens (including phenoxy) is 1. The molecule has 0 aliphatic carbocycles. The van der Waals surface area contributed by atoms with Gasteiger partial charge in [-0.1, -0.05) is 60.7 Å². The Labute approximate surface area is 158 Å². The van der Waals surface area contributed by atoms with Gasteiger partial charge in [-0.05, 0) is 0 Å². The normalized spacial score (nSPS) is 14.9. The van der Waals surface area contributed by atoms with Crippen molar-refractivity contribution in [2.75, 3.05) is 26.3 Å². The van der Waals surface area contributed by atoms with E-state index >= 15 is 0 Å². The Bertz CT molecular complexity index is 916. The predicted octanol–water partition coefficient (Wildman–Crippen LogP) is 2.73. The molecule has 0 spiro atoms. The fourth-order valence-electron chi connectivity index (χ4n) is 3.29. The Morgan fingerprint density at radius 3 is 2.19 bits per heavy atom. The zero-order chi connectivity index (χ0) is 18.6. The minimum Gasteiger partial charge on any atom is -0.379 e. The molecule has 1 fully saturated rings. The highest BCUT2D eigenvalue weighted by molar-refractivity contribution is 5.94. The van der Waals surface area contributed by atoms with Gasteiger partial charge < -0.3 is 9.30 Å². The van der Waals surface area contributed by atoms with Gasteiger partial charge in [-0.15, -0.1) is 0 Å². The van der Waals surface area contributed by atoms with E-state index in [1.54, 1.807) is 0 Å². The van der Waals surface area contributed by atoms with Crippen LogP contribution in [0.4, 0.5) is 0 Å². The first kappa shape index (κ1) is 17.5. The zero-order valence-corrected chi connectivity index (χ0v) is 15.3. The van der Waals surface area contributed by atoms with Crippen molar-refractivity contribution >= 4 is 5.91 Å². The van der Waals surface area contributed by atoms with Crippen LogP contribution >= 0.6 is 0 Å². The van der Waals surface area contributed by atoms with Crippen LogP contribution in [0, 0.1) is 0 Å². The highest BCUT2D eigenvalue weighted by atomic mass is 16.5. The Morgan fingerprint density at radius 2 is 1.56 bits per heavy atom. The van der Waals surface area contributed by atoms with E-state index in [1.165, 1.54) is 0 Å². The molecule has 2 heterocycles. The Hall–Kier alpha value is -2.96. The molecule has 2 aromatic carbocycles. The van der Waals surface area contributed by atoms with Gasteiger partial charge >= 0.3 is 5.91 Å². The van der Waals surface area contributed by atoms with Gasteiger partial charge in [-0.25, -0.2) is 9.99 Å². The van der Waals surface area contributed by atoms with E-state index in [2.05, 4.69) is 5.43 Å². The largest absolute Gasteiger partial charge is 0.379 e. The average molecular weight is 362 g/mol. The summed E-state index contributed by atoms with van der Waals surface area (Å²) in [4.78, 5) is 17.6. The monoisotopic (exact) mass is 362 g/mol. The van der Waals surface area contributed by atoms with E-state index in [9.17, 15) is 4.79 Å². The van der Waals surface area contributed by atoms with E-state index in [1.807, 2.05) is 77.3 Å². The molecular weight excluding hydrogens is 340 g/mol. The van der Waals surface area contributed by atoms with E-state index in [0.29, 0.717) is 32.1 Å². The van der Waals surface area contributed by atoms with Crippen LogP contribution in [0.3, 0.4) is 0 Å². The minimum atomic E-state index is -0.209. The van der Waals surface area contributed by atoms with E-state index in [-0.39, 0.29) is 5.91 Å². The fraction of sp³-hybridized carbons (Fsp3) is 0.238. The van der Waals surface area contributed by atoms with Gasteiger partial charge in [-0.3, -0.25) is 10.2 Å². The molecule has 1 saturated heterocycles. The van der Waals surface area contributed by atoms with Gasteiger partial charge in [0.15, 0.2) is 0 Å². The number of morpholine rings is 1. The molecular formula is C21H22N4O2. The van der Waals surface area contributed by atoms with Gasteiger partial charge in [0.05, 0.1) is 24.6 Å². The topological polar surface area (TPSA) is 59.4 Å². The lowest BCUT2D eigenvalue weighted by atomic mass is 10.1. The van der Waals surface area contributed by atoms with Crippen LogP contribution in [0.2, 0.25) is 0 Å². The van der Waals surface area contributed by atoms with Gasteiger partial charge in [-0.2, -0.15) is 0 Å². The second kappa shape index (κ2) is 7.73. The third-order valence-corrected chi connectivity index (χ3v) is 4.66. The molecule has 0 bridgehead atoms. The molecule has 1 N–H and O–H groups in total. The maximum absolute atomic E-state index is 12.9. The number of nitrogens with one attached hydrogen (secondary N) is 1. The summed E-state index contributed by atoms with van der Waals surface area (Å²) >= 11 is 0. The third kappa shape index (κ3) is 3.63. The maximum Gasteiger partial charge on any atom is 0.301 e. The summed E-state index contributed by atoms with van der Waals surface area (Å²) in [7, 11) is 1.88. The van der Waals surface area contributed by atoms with Crippen LogP contribution in [0.15, 0.2) is 60.7 Å². The van der Waals surface area contributed by atoms with Crippen molar-refractivity contribution < 1.29 is 9.53 Å². The second-order valence-electron chi connectivity index (χ2n) is 6.46. The van der Waals surface area contributed by atoms with Gasteiger partial charge in [0.25, 0.3) is 0 Å². The molecule has 0 unspecified atom stereocenters. The number of amides is 1. The number of imidazole rings is 1. The highest BCUT2D eigenvalue weighted by Crippen LogP contribution is 2.32. The first-order valence-electron chi connectivity index (χ1n) is 9.05. The highest BCUT2D eigenvalue weighted by Gasteiger charge is 2.23. The average Bonchev–Trinajstić information content (AvgIpc) is 3.07. The molecule has 27 heavy (non-hydrogen) atoms. The number of hydrogen-bond acceptors (Lipinski definition) is 4. The molecule has 1 aliphatic rings. The van der Waals surface area contributed by atoms with Crippen molar-refractivity contribution in [3.05, 3.63) is 66.5 Å². The third-order valence-electron chi connectivity index (χ3n) is 4.66. The molecule has 0 atom stereocenters.